The van der Waals surface area contributed by atoms with E-state index in [0.717, 1.165) is 24.1 Å². The van der Waals surface area contributed by atoms with E-state index in [1.54, 1.807) is 11.3 Å². The average Bonchev–Trinajstić information content (AvgIpc) is 2.73. The molecule has 1 N–H and O–H groups in total. The molecule has 0 saturated carbocycles. The van der Waals surface area contributed by atoms with Crippen LogP contribution in [-0.2, 0) is 6.54 Å². The van der Waals surface area contributed by atoms with Gasteiger partial charge in [0.15, 0.2) is 5.96 Å². The van der Waals surface area contributed by atoms with Crippen LogP contribution in [0.15, 0.2) is 11.2 Å². The van der Waals surface area contributed by atoms with Gasteiger partial charge in [0.1, 0.15) is 5.01 Å². The van der Waals surface area contributed by atoms with Gasteiger partial charge in [0, 0.05) is 31.7 Å². The lowest BCUT2D eigenvalue weighted by Gasteiger charge is -2.21. The van der Waals surface area contributed by atoms with Gasteiger partial charge in [-0.3, -0.25) is 4.99 Å². The van der Waals surface area contributed by atoms with Gasteiger partial charge in [0.2, 0.25) is 0 Å². The van der Waals surface area contributed by atoms with E-state index in [1.807, 2.05) is 13.2 Å². The van der Waals surface area contributed by atoms with Crippen molar-refractivity contribution in [3.05, 3.63) is 16.1 Å². The zero-order valence-corrected chi connectivity index (χ0v) is 14.7. The molecule has 18 heavy (non-hydrogen) atoms. The van der Waals surface area contributed by atoms with E-state index in [1.165, 1.54) is 17.7 Å². The maximum absolute atomic E-state index is 4.33. The number of aliphatic imine (C=N–C) groups is 1. The third-order valence-corrected chi connectivity index (χ3v) is 3.40. The summed E-state index contributed by atoms with van der Waals surface area (Å²) in [4.78, 5) is 12.0. The molecule has 4 nitrogen and oxygen atoms in total. The first-order valence-corrected chi connectivity index (χ1v) is 6.82. The number of halogens is 1. The Morgan fingerprint density at radius 1 is 1.56 bits per heavy atom. The van der Waals surface area contributed by atoms with Crippen molar-refractivity contribution >= 4 is 41.3 Å². The third-order valence-electron chi connectivity index (χ3n) is 2.49. The Hall–Kier alpha value is -0.370. The predicted octanol–water partition coefficient (Wildman–Crippen LogP) is 2.88. The summed E-state index contributed by atoms with van der Waals surface area (Å²) in [5.74, 6) is 0.936. The van der Waals surface area contributed by atoms with Crippen molar-refractivity contribution < 1.29 is 0 Å². The number of aromatic nitrogens is 1. The molecule has 1 aromatic rings. The summed E-state index contributed by atoms with van der Waals surface area (Å²) in [6, 6.07) is 0. The molecule has 0 amide bonds. The fourth-order valence-electron chi connectivity index (χ4n) is 1.52. The minimum atomic E-state index is 0. The Kier molecular flexibility index (Phi) is 9.35. The molecule has 104 valence electrons. The van der Waals surface area contributed by atoms with Crippen LogP contribution < -0.4 is 5.32 Å². The summed E-state index contributed by atoms with van der Waals surface area (Å²) >= 11 is 1.72. The largest absolute Gasteiger partial charge is 0.350 e. The molecule has 0 bridgehead atoms. The lowest BCUT2D eigenvalue weighted by molar-refractivity contribution is 0.464. The van der Waals surface area contributed by atoms with Gasteiger partial charge in [-0.05, 0) is 13.3 Å². The number of guanidine groups is 1. The lowest BCUT2D eigenvalue weighted by atomic mass is 10.3. The van der Waals surface area contributed by atoms with Gasteiger partial charge in [0.05, 0.1) is 6.54 Å². The summed E-state index contributed by atoms with van der Waals surface area (Å²) in [7, 11) is 3.88. The molecule has 0 radical (unpaired) electrons. The second-order valence-electron chi connectivity index (χ2n) is 4.04. The quantitative estimate of drug-likeness (QED) is 0.484. The zero-order valence-electron chi connectivity index (χ0n) is 11.6. The SMILES string of the molecule is CCCCN(C)C(=NC)NCc1ncc(C)s1.I. The Balaban J connectivity index is 0.00000289. The summed E-state index contributed by atoms with van der Waals surface area (Å²) in [5, 5.41) is 4.44. The molecule has 0 aliphatic rings. The molecule has 1 rings (SSSR count). The zero-order chi connectivity index (χ0) is 12.7. The number of nitrogens with zero attached hydrogens (tertiary/aromatic N) is 3. The van der Waals surface area contributed by atoms with Crippen molar-refractivity contribution in [2.45, 2.75) is 33.2 Å². The molecule has 1 aromatic heterocycles. The van der Waals surface area contributed by atoms with Gasteiger partial charge in [0.25, 0.3) is 0 Å². The van der Waals surface area contributed by atoms with Crippen LogP contribution in [-0.4, -0.2) is 36.5 Å². The van der Waals surface area contributed by atoms with Crippen LogP contribution in [0, 0.1) is 6.92 Å². The molecule has 0 unspecified atom stereocenters. The van der Waals surface area contributed by atoms with Gasteiger partial charge in [-0.2, -0.15) is 0 Å². The number of rotatable bonds is 5. The van der Waals surface area contributed by atoms with Crippen molar-refractivity contribution in [2.24, 2.45) is 4.99 Å². The Labute approximate surface area is 131 Å². The highest BCUT2D eigenvalue weighted by molar-refractivity contribution is 14.0. The number of thiazole rings is 1. The summed E-state index contributed by atoms with van der Waals surface area (Å²) < 4.78 is 0. The van der Waals surface area contributed by atoms with E-state index >= 15 is 0 Å². The number of nitrogens with one attached hydrogen (secondary N) is 1. The maximum Gasteiger partial charge on any atom is 0.193 e. The van der Waals surface area contributed by atoms with Crippen LogP contribution in [0.25, 0.3) is 0 Å². The second kappa shape index (κ2) is 9.55. The fourth-order valence-corrected chi connectivity index (χ4v) is 2.25. The van der Waals surface area contributed by atoms with Crippen LogP contribution in [0.3, 0.4) is 0 Å². The number of unbranched alkanes of at least 4 members (excludes halogenated alkanes) is 1. The average molecular weight is 382 g/mol. The number of hydrogen-bond acceptors (Lipinski definition) is 3. The maximum atomic E-state index is 4.33. The van der Waals surface area contributed by atoms with Crippen LogP contribution in [0.1, 0.15) is 29.7 Å². The van der Waals surface area contributed by atoms with Gasteiger partial charge in [-0.25, -0.2) is 4.98 Å². The lowest BCUT2D eigenvalue weighted by Crippen LogP contribution is -2.38. The van der Waals surface area contributed by atoms with E-state index in [0.29, 0.717) is 0 Å². The monoisotopic (exact) mass is 382 g/mol. The topological polar surface area (TPSA) is 40.5 Å². The second-order valence-corrected chi connectivity index (χ2v) is 5.36. The molecular formula is C12H23IN4S. The van der Waals surface area contributed by atoms with Gasteiger partial charge >= 0.3 is 0 Å². The first kappa shape index (κ1) is 17.6. The molecule has 0 spiro atoms. The van der Waals surface area contributed by atoms with Crippen molar-refractivity contribution in [1.29, 1.82) is 0 Å². The van der Waals surface area contributed by atoms with Gasteiger partial charge < -0.3 is 10.2 Å². The molecule has 0 saturated heterocycles. The molecule has 0 aliphatic carbocycles. The summed E-state index contributed by atoms with van der Waals surface area (Å²) in [5.41, 5.74) is 0. The van der Waals surface area contributed by atoms with E-state index in [2.05, 4.69) is 41.1 Å². The van der Waals surface area contributed by atoms with Gasteiger partial charge in [-0.1, -0.05) is 13.3 Å². The van der Waals surface area contributed by atoms with E-state index in [-0.39, 0.29) is 24.0 Å². The highest BCUT2D eigenvalue weighted by Crippen LogP contribution is 2.10. The highest BCUT2D eigenvalue weighted by atomic mass is 127. The van der Waals surface area contributed by atoms with Gasteiger partial charge in [-0.15, -0.1) is 35.3 Å². The van der Waals surface area contributed by atoms with E-state index in [4.69, 9.17) is 0 Å². The normalized spacial score (nSPS) is 11.0. The van der Waals surface area contributed by atoms with Crippen LogP contribution >= 0.6 is 35.3 Å². The Bertz CT molecular complexity index is 365. The number of aryl methyl sites for hydroxylation is 1. The molecular weight excluding hydrogens is 359 g/mol. The molecule has 0 aliphatic heterocycles. The third kappa shape index (κ3) is 5.99. The Morgan fingerprint density at radius 2 is 2.28 bits per heavy atom. The van der Waals surface area contributed by atoms with E-state index in [9.17, 15) is 0 Å². The molecule has 0 fully saturated rings. The molecule has 6 heteroatoms. The summed E-state index contributed by atoms with van der Waals surface area (Å²) in [6.07, 6.45) is 4.30. The molecule has 0 aromatic carbocycles. The predicted molar refractivity (Wildman–Crippen MR) is 90.0 cm³/mol. The highest BCUT2D eigenvalue weighted by Gasteiger charge is 2.05. The minimum Gasteiger partial charge on any atom is -0.350 e. The molecule has 1 heterocycles. The smallest absolute Gasteiger partial charge is 0.193 e. The van der Waals surface area contributed by atoms with Crippen molar-refractivity contribution in [3.8, 4) is 0 Å². The standard InChI is InChI=1S/C12H22N4S.HI/c1-5-6-7-16(4)12(13-3)15-9-11-14-8-10(2)17-11;/h8H,5-7,9H2,1-4H3,(H,13,15);1H. The number of hydrogen-bond donors (Lipinski definition) is 1. The van der Waals surface area contributed by atoms with Crippen molar-refractivity contribution in [2.75, 3.05) is 20.6 Å². The minimum absolute atomic E-state index is 0. The molecule has 0 atom stereocenters. The fraction of sp³-hybridized carbons (Fsp3) is 0.667. The van der Waals surface area contributed by atoms with Crippen LogP contribution in [0.5, 0.6) is 0 Å². The van der Waals surface area contributed by atoms with Crippen LogP contribution in [0.4, 0.5) is 0 Å². The first-order chi connectivity index (χ1) is 8.17. The first-order valence-electron chi connectivity index (χ1n) is 6.00. The van der Waals surface area contributed by atoms with Crippen molar-refractivity contribution in [3.63, 3.8) is 0 Å². The Morgan fingerprint density at radius 3 is 2.78 bits per heavy atom. The van der Waals surface area contributed by atoms with Crippen molar-refractivity contribution in [1.82, 2.24) is 15.2 Å². The van der Waals surface area contributed by atoms with Crippen LogP contribution in [0.2, 0.25) is 0 Å². The summed E-state index contributed by atoms with van der Waals surface area (Å²) in [6.45, 7) is 6.06. The van der Waals surface area contributed by atoms with E-state index < -0.39 is 0 Å².